The number of benzene rings is 1. The van der Waals surface area contributed by atoms with Gasteiger partial charge in [-0.15, -0.1) is 0 Å². The quantitative estimate of drug-likeness (QED) is 0.342. The number of halogens is 2. The fourth-order valence-corrected chi connectivity index (χ4v) is 1.83. The molecule has 0 aromatic heterocycles. The minimum absolute atomic E-state index is 0.113. The Morgan fingerprint density at radius 3 is 2.83 bits per heavy atom. The van der Waals surface area contributed by atoms with Gasteiger partial charge in [-0.1, -0.05) is 23.7 Å². The van der Waals surface area contributed by atoms with Crippen LogP contribution in [0.2, 0.25) is 5.02 Å². The zero-order chi connectivity index (χ0) is 13.7. The van der Waals surface area contributed by atoms with Crippen molar-refractivity contribution in [2.45, 2.75) is 13.3 Å². The molecule has 1 aromatic rings. The van der Waals surface area contributed by atoms with Crippen LogP contribution in [0.15, 0.2) is 27.8 Å². The molecule has 7 heteroatoms. The van der Waals surface area contributed by atoms with Gasteiger partial charge in [0.15, 0.2) is 5.84 Å². The fraction of sp³-hybridized carbons (Fsp3) is 0.273. The van der Waals surface area contributed by atoms with E-state index in [1.807, 2.05) is 0 Å². The zero-order valence-electron chi connectivity index (χ0n) is 9.65. The molecule has 1 unspecified atom stereocenters. The molecule has 0 heterocycles. The van der Waals surface area contributed by atoms with Crippen molar-refractivity contribution in [3.63, 3.8) is 0 Å². The minimum Gasteiger partial charge on any atom is -0.409 e. The third kappa shape index (κ3) is 3.61. The number of nitrogens with two attached hydrogens (primary N) is 1. The second-order valence-corrected chi connectivity index (χ2v) is 4.87. The summed E-state index contributed by atoms with van der Waals surface area (Å²) in [4.78, 5) is 11.9. The van der Waals surface area contributed by atoms with E-state index in [1.54, 1.807) is 25.1 Å². The summed E-state index contributed by atoms with van der Waals surface area (Å²) < 4.78 is 0.741. The molecule has 0 aliphatic carbocycles. The molecular weight excluding hydrogens is 321 g/mol. The van der Waals surface area contributed by atoms with Crippen molar-refractivity contribution in [2.75, 3.05) is 5.32 Å². The average Bonchev–Trinajstić information content (AvgIpc) is 2.34. The molecule has 1 aromatic carbocycles. The van der Waals surface area contributed by atoms with Crippen LogP contribution in [-0.2, 0) is 4.79 Å². The molecule has 1 rings (SSSR count). The summed E-state index contributed by atoms with van der Waals surface area (Å²) >= 11 is 9.17. The van der Waals surface area contributed by atoms with E-state index in [0.717, 1.165) is 4.47 Å². The van der Waals surface area contributed by atoms with E-state index in [2.05, 4.69) is 26.4 Å². The molecule has 0 aliphatic heterocycles. The third-order valence-electron chi connectivity index (χ3n) is 2.38. The van der Waals surface area contributed by atoms with Crippen molar-refractivity contribution in [1.82, 2.24) is 0 Å². The SMILES string of the molecule is CCC(C(=O)Nc1ccc(Br)c(Cl)c1)/C(N)=N/O. The van der Waals surface area contributed by atoms with Crippen LogP contribution in [-0.4, -0.2) is 17.0 Å². The number of anilines is 1. The highest BCUT2D eigenvalue weighted by molar-refractivity contribution is 9.10. The lowest BCUT2D eigenvalue weighted by molar-refractivity contribution is -0.118. The Morgan fingerprint density at radius 2 is 2.33 bits per heavy atom. The predicted octanol–water partition coefficient (Wildman–Crippen LogP) is 2.81. The second-order valence-electron chi connectivity index (χ2n) is 3.60. The average molecular weight is 335 g/mol. The Morgan fingerprint density at radius 1 is 1.67 bits per heavy atom. The molecule has 0 fully saturated rings. The number of carbonyl (C=O) groups excluding carboxylic acids is 1. The molecule has 4 N–H and O–H groups in total. The van der Waals surface area contributed by atoms with Gasteiger partial charge in [-0.25, -0.2) is 0 Å². The zero-order valence-corrected chi connectivity index (χ0v) is 12.0. The monoisotopic (exact) mass is 333 g/mol. The Labute approximate surface area is 118 Å². The summed E-state index contributed by atoms with van der Waals surface area (Å²) in [7, 11) is 0. The molecule has 18 heavy (non-hydrogen) atoms. The fourth-order valence-electron chi connectivity index (χ4n) is 1.40. The van der Waals surface area contributed by atoms with Gasteiger partial charge in [0.25, 0.3) is 0 Å². The van der Waals surface area contributed by atoms with E-state index >= 15 is 0 Å². The Hall–Kier alpha value is -1.27. The lowest BCUT2D eigenvalue weighted by Crippen LogP contribution is -2.34. The minimum atomic E-state index is -0.669. The second kappa shape index (κ2) is 6.61. The summed E-state index contributed by atoms with van der Waals surface area (Å²) in [6.45, 7) is 1.77. The van der Waals surface area contributed by atoms with Crippen molar-refractivity contribution in [1.29, 1.82) is 0 Å². The number of amidine groups is 1. The molecule has 0 spiro atoms. The highest BCUT2D eigenvalue weighted by Gasteiger charge is 2.21. The lowest BCUT2D eigenvalue weighted by Gasteiger charge is -2.13. The first-order chi connectivity index (χ1) is 8.49. The molecule has 0 aliphatic rings. The molecule has 98 valence electrons. The van der Waals surface area contributed by atoms with Gasteiger partial charge >= 0.3 is 0 Å². The Bertz CT molecular complexity index is 479. The van der Waals surface area contributed by atoms with Crippen molar-refractivity contribution < 1.29 is 10.0 Å². The number of oxime groups is 1. The predicted molar refractivity (Wildman–Crippen MR) is 75.0 cm³/mol. The maximum atomic E-state index is 11.9. The molecule has 0 saturated carbocycles. The first kappa shape index (κ1) is 14.8. The number of hydrogen-bond acceptors (Lipinski definition) is 3. The summed E-state index contributed by atoms with van der Waals surface area (Å²) in [5.41, 5.74) is 6.00. The molecule has 0 radical (unpaired) electrons. The number of hydrogen-bond donors (Lipinski definition) is 3. The number of carbonyl (C=O) groups is 1. The highest BCUT2D eigenvalue weighted by Crippen LogP contribution is 2.25. The number of rotatable bonds is 4. The molecular formula is C11H13BrClN3O2. The molecule has 1 amide bonds. The normalized spacial score (nSPS) is 13.2. The third-order valence-corrected chi connectivity index (χ3v) is 3.62. The van der Waals surface area contributed by atoms with Gasteiger partial charge in [0.2, 0.25) is 5.91 Å². The molecule has 5 nitrogen and oxygen atoms in total. The van der Waals surface area contributed by atoms with Crippen LogP contribution in [0.4, 0.5) is 5.69 Å². The van der Waals surface area contributed by atoms with Gasteiger partial charge in [-0.2, -0.15) is 0 Å². The van der Waals surface area contributed by atoms with E-state index in [1.165, 1.54) is 0 Å². The van der Waals surface area contributed by atoms with E-state index < -0.39 is 5.92 Å². The van der Waals surface area contributed by atoms with Crippen LogP contribution in [0, 0.1) is 5.92 Å². The highest BCUT2D eigenvalue weighted by atomic mass is 79.9. The van der Waals surface area contributed by atoms with E-state index in [9.17, 15) is 4.79 Å². The molecule has 0 saturated heterocycles. The Balaban J connectivity index is 2.83. The van der Waals surface area contributed by atoms with Gasteiger partial charge in [0.05, 0.1) is 10.9 Å². The lowest BCUT2D eigenvalue weighted by atomic mass is 10.0. The summed E-state index contributed by atoms with van der Waals surface area (Å²) in [6, 6.07) is 5.04. The number of nitrogens with zero attached hydrogens (tertiary/aromatic N) is 1. The summed E-state index contributed by atoms with van der Waals surface area (Å²) in [5, 5.41) is 14.6. The van der Waals surface area contributed by atoms with Gasteiger partial charge in [0, 0.05) is 10.2 Å². The van der Waals surface area contributed by atoms with Gasteiger partial charge in [-0.3, -0.25) is 4.79 Å². The van der Waals surface area contributed by atoms with Crippen LogP contribution in [0.3, 0.4) is 0 Å². The summed E-state index contributed by atoms with van der Waals surface area (Å²) in [6.07, 6.45) is 0.436. The van der Waals surface area contributed by atoms with Crippen LogP contribution in [0.1, 0.15) is 13.3 Å². The van der Waals surface area contributed by atoms with Crippen molar-refractivity contribution in [3.8, 4) is 0 Å². The van der Waals surface area contributed by atoms with Gasteiger partial charge < -0.3 is 16.3 Å². The van der Waals surface area contributed by atoms with Crippen molar-refractivity contribution >= 4 is 45.0 Å². The molecule has 0 bridgehead atoms. The maximum absolute atomic E-state index is 11.9. The maximum Gasteiger partial charge on any atom is 0.235 e. The largest absolute Gasteiger partial charge is 0.409 e. The smallest absolute Gasteiger partial charge is 0.235 e. The van der Waals surface area contributed by atoms with Crippen molar-refractivity contribution in [2.24, 2.45) is 16.8 Å². The first-order valence-corrected chi connectivity index (χ1v) is 6.40. The van der Waals surface area contributed by atoms with E-state index in [0.29, 0.717) is 17.1 Å². The van der Waals surface area contributed by atoms with Gasteiger partial charge in [-0.05, 0) is 40.5 Å². The number of nitrogens with one attached hydrogen (secondary N) is 1. The number of amides is 1. The van der Waals surface area contributed by atoms with E-state index in [-0.39, 0.29) is 11.7 Å². The van der Waals surface area contributed by atoms with Crippen LogP contribution < -0.4 is 11.1 Å². The van der Waals surface area contributed by atoms with Crippen LogP contribution in [0.25, 0.3) is 0 Å². The van der Waals surface area contributed by atoms with E-state index in [4.69, 9.17) is 22.5 Å². The van der Waals surface area contributed by atoms with Crippen LogP contribution >= 0.6 is 27.5 Å². The Kier molecular flexibility index (Phi) is 5.43. The topological polar surface area (TPSA) is 87.7 Å². The first-order valence-electron chi connectivity index (χ1n) is 5.23. The molecule has 1 atom stereocenters. The summed E-state index contributed by atoms with van der Waals surface area (Å²) in [5.74, 6) is -1.12. The van der Waals surface area contributed by atoms with Crippen LogP contribution in [0.5, 0.6) is 0 Å². The van der Waals surface area contributed by atoms with Gasteiger partial charge in [0.1, 0.15) is 0 Å². The van der Waals surface area contributed by atoms with Crippen molar-refractivity contribution in [3.05, 3.63) is 27.7 Å². The standard InChI is InChI=1S/C11H13BrClN3O2/c1-2-7(10(14)16-18)11(17)15-6-3-4-8(12)9(13)5-6/h3-5,7,18H,2H2,1H3,(H2,14,16)(H,15,17).